The molecule has 1 aliphatic rings. The van der Waals surface area contributed by atoms with Gasteiger partial charge in [0.25, 0.3) is 0 Å². The average molecular weight is 291 g/mol. The number of nitrogens with one attached hydrogen (secondary N) is 1. The normalized spacial score (nSPS) is 16.3. The second kappa shape index (κ2) is 5.82. The summed E-state index contributed by atoms with van der Waals surface area (Å²) in [6.45, 7) is -0.125. The molecule has 1 atom stereocenters. The number of urea groups is 1. The highest BCUT2D eigenvalue weighted by Crippen LogP contribution is 2.32. The van der Waals surface area contributed by atoms with Gasteiger partial charge in [-0.25, -0.2) is 9.59 Å². The van der Waals surface area contributed by atoms with E-state index in [2.05, 4.69) is 5.32 Å². The summed E-state index contributed by atoms with van der Waals surface area (Å²) in [7, 11) is 2.95. The molecule has 0 saturated carbocycles. The minimum absolute atomic E-state index is 0.125. The molecule has 0 bridgehead atoms. The van der Waals surface area contributed by atoms with Crippen molar-refractivity contribution in [3.8, 4) is 0 Å². The first-order valence-corrected chi connectivity index (χ1v) is 6.51. The monoisotopic (exact) mass is 291 g/mol. The molecule has 0 aromatic heterocycles. The lowest BCUT2D eigenvalue weighted by Gasteiger charge is -2.27. The van der Waals surface area contributed by atoms with Gasteiger partial charge < -0.3 is 15.3 Å². The third-order valence-corrected chi connectivity index (χ3v) is 3.45. The highest BCUT2D eigenvalue weighted by Gasteiger charge is 2.39. The summed E-state index contributed by atoms with van der Waals surface area (Å²) in [6, 6.07) is 5.63. The first-order chi connectivity index (χ1) is 9.95. The zero-order chi connectivity index (χ0) is 15.6. The van der Waals surface area contributed by atoms with E-state index in [4.69, 9.17) is 0 Å². The smallest absolute Gasteiger partial charge is 0.327 e. The number of carbonyl (C=O) groups excluding carboxylic acids is 2. The van der Waals surface area contributed by atoms with E-state index in [0.29, 0.717) is 5.69 Å². The quantitative estimate of drug-likeness (QED) is 0.838. The Balaban J connectivity index is 2.28. The van der Waals surface area contributed by atoms with Crippen molar-refractivity contribution < 1.29 is 19.5 Å². The molecule has 0 fully saturated rings. The van der Waals surface area contributed by atoms with Crippen molar-refractivity contribution in [1.82, 2.24) is 10.2 Å². The van der Waals surface area contributed by atoms with Gasteiger partial charge in [-0.3, -0.25) is 9.69 Å². The van der Waals surface area contributed by atoms with Crippen LogP contribution in [0.2, 0.25) is 0 Å². The topological polar surface area (TPSA) is 90.0 Å². The van der Waals surface area contributed by atoms with Gasteiger partial charge in [-0.05, 0) is 11.6 Å². The van der Waals surface area contributed by atoms with Crippen LogP contribution in [0, 0.1) is 0 Å². The number of benzene rings is 1. The van der Waals surface area contributed by atoms with Gasteiger partial charge >= 0.3 is 12.0 Å². The van der Waals surface area contributed by atoms with Crippen molar-refractivity contribution in [2.45, 2.75) is 12.5 Å². The summed E-state index contributed by atoms with van der Waals surface area (Å²) in [4.78, 5) is 37.7. The predicted octanol–water partition coefficient (Wildman–Crippen LogP) is 0.300. The van der Waals surface area contributed by atoms with E-state index in [0.717, 1.165) is 5.56 Å². The Morgan fingerprint density at radius 1 is 1.38 bits per heavy atom. The number of hydrogen-bond donors (Lipinski definition) is 2. The molecule has 0 aliphatic carbocycles. The maximum atomic E-state index is 12.5. The Hall–Kier alpha value is -2.57. The van der Waals surface area contributed by atoms with Gasteiger partial charge in [-0.15, -0.1) is 0 Å². The summed E-state index contributed by atoms with van der Waals surface area (Å²) in [5.41, 5.74) is 1.39. The van der Waals surface area contributed by atoms with E-state index in [1.807, 2.05) is 0 Å². The first-order valence-electron chi connectivity index (χ1n) is 6.51. The van der Waals surface area contributed by atoms with Crippen LogP contribution >= 0.6 is 0 Å². The summed E-state index contributed by atoms with van der Waals surface area (Å²) in [5, 5.41) is 11.7. The van der Waals surface area contributed by atoms with Crippen LogP contribution in [-0.4, -0.2) is 54.6 Å². The zero-order valence-corrected chi connectivity index (χ0v) is 11.9. The van der Waals surface area contributed by atoms with Gasteiger partial charge in [0.1, 0.15) is 12.6 Å². The van der Waals surface area contributed by atoms with Crippen LogP contribution in [0.25, 0.3) is 0 Å². The summed E-state index contributed by atoms with van der Waals surface area (Å²) < 4.78 is 0. The lowest BCUT2D eigenvalue weighted by molar-refractivity contribution is -0.138. The fourth-order valence-electron chi connectivity index (χ4n) is 2.37. The van der Waals surface area contributed by atoms with E-state index in [-0.39, 0.29) is 18.9 Å². The van der Waals surface area contributed by atoms with Crippen molar-refractivity contribution in [2.75, 3.05) is 25.5 Å². The van der Waals surface area contributed by atoms with Gasteiger partial charge in [0.15, 0.2) is 0 Å². The SMILES string of the molecule is CNC(=O)CN(C)C(=O)N1c2ccccc2C[C@H]1C(=O)O. The number of carboxylic acid groups (broad SMARTS) is 1. The Morgan fingerprint density at radius 3 is 2.67 bits per heavy atom. The van der Waals surface area contributed by atoms with E-state index in [1.54, 1.807) is 24.3 Å². The summed E-state index contributed by atoms with van der Waals surface area (Å²) in [6.07, 6.45) is 0.269. The first kappa shape index (κ1) is 14.8. The van der Waals surface area contributed by atoms with E-state index < -0.39 is 18.0 Å². The molecular weight excluding hydrogens is 274 g/mol. The number of carbonyl (C=O) groups is 3. The number of amides is 3. The van der Waals surface area contributed by atoms with Crippen molar-refractivity contribution in [1.29, 1.82) is 0 Å². The highest BCUT2D eigenvalue weighted by molar-refractivity contribution is 6.01. The molecule has 3 amide bonds. The number of fused-ring (bicyclic) bond motifs is 1. The molecule has 112 valence electrons. The van der Waals surface area contributed by atoms with Crippen LogP contribution in [0.4, 0.5) is 10.5 Å². The largest absolute Gasteiger partial charge is 0.480 e. The van der Waals surface area contributed by atoms with Gasteiger partial charge in [0.05, 0.1) is 0 Å². The highest BCUT2D eigenvalue weighted by atomic mass is 16.4. The molecule has 7 nitrogen and oxygen atoms in total. The fourth-order valence-corrected chi connectivity index (χ4v) is 2.37. The van der Waals surface area contributed by atoms with Gasteiger partial charge in [0, 0.05) is 26.2 Å². The van der Waals surface area contributed by atoms with E-state index in [1.165, 1.54) is 23.9 Å². The minimum Gasteiger partial charge on any atom is -0.480 e. The van der Waals surface area contributed by atoms with Crippen molar-refractivity contribution >= 4 is 23.6 Å². The third-order valence-electron chi connectivity index (χ3n) is 3.45. The van der Waals surface area contributed by atoms with Crippen LogP contribution in [0.15, 0.2) is 24.3 Å². The Kier molecular flexibility index (Phi) is 4.11. The number of aliphatic carboxylic acids is 1. The molecule has 2 N–H and O–H groups in total. The maximum Gasteiger partial charge on any atom is 0.327 e. The number of hydrogen-bond acceptors (Lipinski definition) is 3. The van der Waals surface area contributed by atoms with Crippen molar-refractivity contribution in [3.63, 3.8) is 0 Å². The average Bonchev–Trinajstić information content (AvgIpc) is 2.85. The molecule has 1 aromatic carbocycles. The Bertz CT molecular complexity index is 587. The number of nitrogens with zero attached hydrogens (tertiary/aromatic N) is 2. The number of likely N-dealkylation sites (N-methyl/N-ethyl adjacent to an activating group) is 2. The number of para-hydroxylation sites is 1. The van der Waals surface area contributed by atoms with Crippen molar-refractivity contribution in [3.05, 3.63) is 29.8 Å². The molecule has 0 radical (unpaired) electrons. The maximum absolute atomic E-state index is 12.5. The second-order valence-electron chi connectivity index (χ2n) is 4.87. The van der Waals surface area contributed by atoms with Crippen molar-refractivity contribution in [2.24, 2.45) is 0 Å². The number of rotatable bonds is 3. The van der Waals surface area contributed by atoms with Gasteiger partial charge in [-0.1, -0.05) is 18.2 Å². The second-order valence-corrected chi connectivity index (χ2v) is 4.87. The van der Waals surface area contributed by atoms with Crippen LogP contribution in [-0.2, 0) is 16.0 Å². The lowest BCUT2D eigenvalue weighted by atomic mass is 10.1. The zero-order valence-electron chi connectivity index (χ0n) is 11.9. The van der Waals surface area contributed by atoms with Crippen LogP contribution in [0.5, 0.6) is 0 Å². The molecule has 2 rings (SSSR count). The minimum atomic E-state index is -1.06. The third kappa shape index (κ3) is 2.81. The summed E-state index contributed by atoms with van der Waals surface area (Å²) in [5.74, 6) is -1.38. The lowest BCUT2D eigenvalue weighted by Crippen LogP contribution is -2.50. The van der Waals surface area contributed by atoms with E-state index >= 15 is 0 Å². The molecule has 0 spiro atoms. The van der Waals surface area contributed by atoms with Gasteiger partial charge in [0.2, 0.25) is 5.91 Å². The van der Waals surface area contributed by atoms with Crippen LogP contribution < -0.4 is 10.2 Å². The Morgan fingerprint density at radius 2 is 2.05 bits per heavy atom. The molecule has 1 heterocycles. The molecule has 1 aliphatic heterocycles. The molecule has 1 aromatic rings. The van der Waals surface area contributed by atoms with Crippen LogP contribution in [0.3, 0.4) is 0 Å². The Labute approximate surface area is 122 Å². The fraction of sp³-hybridized carbons (Fsp3) is 0.357. The predicted molar refractivity (Wildman–Crippen MR) is 76.1 cm³/mol. The van der Waals surface area contributed by atoms with Gasteiger partial charge in [-0.2, -0.15) is 0 Å². The molecule has 0 unspecified atom stereocenters. The molecule has 0 saturated heterocycles. The molecule has 7 heteroatoms. The molecule has 21 heavy (non-hydrogen) atoms. The van der Waals surface area contributed by atoms with Crippen LogP contribution in [0.1, 0.15) is 5.56 Å². The standard InChI is InChI=1S/C14H17N3O4/c1-15-12(18)8-16(2)14(21)17-10-6-4-3-5-9(10)7-11(17)13(19)20/h3-6,11H,7-8H2,1-2H3,(H,15,18)(H,19,20)/t11-/m0/s1. The number of anilines is 1. The van der Waals surface area contributed by atoms with E-state index in [9.17, 15) is 19.5 Å². The summed E-state index contributed by atoms with van der Waals surface area (Å²) >= 11 is 0. The molecular formula is C14H17N3O4. The number of carboxylic acids is 1.